The van der Waals surface area contributed by atoms with Crippen LogP contribution >= 0.6 is 0 Å². The van der Waals surface area contributed by atoms with Crippen molar-refractivity contribution in [1.29, 1.82) is 0 Å². The summed E-state index contributed by atoms with van der Waals surface area (Å²) in [7, 11) is 0. The molecular formula is C20H22FN3O. The Morgan fingerprint density at radius 3 is 2.72 bits per heavy atom. The fourth-order valence-electron chi connectivity index (χ4n) is 3.50. The molecule has 0 saturated heterocycles. The third-order valence-corrected chi connectivity index (χ3v) is 4.86. The van der Waals surface area contributed by atoms with Gasteiger partial charge in [0.15, 0.2) is 0 Å². The van der Waals surface area contributed by atoms with Crippen LogP contribution in [0, 0.1) is 5.82 Å². The van der Waals surface area contributed by atoms with E-state index in [0.717, 1.165) is 29.7 Å². The molecule has 1 aromatic heterocycles. The molecule has 2 aromatic carbocycles. The largest absolute Gasteiger partial charge is 0.373 e. The third-order valence-electron chi connectivity index (χ3n) is 4.86. The molecule has 0 bridgehead atoms. The van der Waals surface area contributed by atoms with Crippen molar-refractivity contribution in [3.63, 3.8) is 0 Å². The van der Waals surface area contributed by atoms with E-state index in [4.69, 9.17) is 10.5 Å². The Morgan fingerprint density at radius 1 is 1.16 bits per heavy atom. The van der Waals surface area contributed by atoms with E-state index in [1.807, 2.05) is 18.2 Å². The summed E-state index contributed by atoms with van der Waals surface area (Å²) in [6, 6.07) is 15.3. The first-order valence-electron chi connectivity index (χ1n) is 8.76. The van der Waals surface area contributed by atoms with E-state index in [2.05, 4.69) is 21.7 Å². The first kappa shape index (κ1) is 16.2. The van der Waals surface area contributed by atoms with Crippen LogP contribution in [0.15, 0.2) is 48.5 Å². The second kappa shape index (κ2) is 6.94. The maximum atomic E-state index is 13.7. The predicted octanol–water partition coefficient (Wildman–Crippen LogP) is 3.60. The fraction of sp³-hybridized carbons (Fsp3) is 0.350. The molecule has 1 aliphatic carbocycles. The lowest BCUT2D eigenvalue weighted by Crippen LogP contribution is -2.34. The number of aromatic nitrogens is 2. The number of fused-ring (bicyclic) bond motifs is 1. The molecule has 5 heteroatoms. The van der Waals surface area contributed by atoms with Crippen molar-refractivity contribution in [2.45, 2.75) is 38.0 Å². The van der Waals surface area contributed by atoms with Gasteiger partial charge in [-0.25, -0.2) is 9.37 Å². The molecule has 3 aromatic rings. The average molecular weight is 339 g/mol. The fourth-order valence-corrected chi connectivity index (χ4v) is 3.50. The zero-order valence-corrected chi connectivity index (χ0v) is 14.1. The highest BCUT2D eigenvalue weighted by Gasteiger charge is 2.33. The quantitative estimate of drug-likeness (QED) is 0.746. The first-order chi connectivity index (χ1) is 12.2. The molecule has 0 atom stereocenters. The zero-order chi connectivity index (χ0) is 17.2. The minimum Gasteiger partial charge on any atom is -0.373 e. The van der Waals surface area contributed by atoms with Gasteiger partial charge in [0.05, 0.1) is 23.7 Å². The monoisotopic (exact) mass is 339 g/mol. The minimum atomic E-state index is -0.232. The highest BCUT2D eigenvalue weighted by Crippen LogP contribution is 2.38. The van der Waals surface area contributed by atoms with Crippen LogP contribution in [0.5, 0.6) is 0 Å². The van der Waals surface area contributed by atoms with E-state index in [9.17, 15) is 4.39 Å². The van der Waals surface area contributed by atoms with Crippen LogP contribution in [0.2, 0.25) is 0 Å². The second-order valence-electron chi connectivity index (χ2n) is 6.61. The van der Waals surface area contributed by atoms with Crippen molar-refractivity contribution >= 4 is 11.0 Å². The SMILES string of the molecule is NCCc1nc2ccc(F)cc2n1C1CC(OCc2ccccc2)C1. The first-order valence-corrected chi connectivity index (χ1v) is 8.76. The smallest absolute Gasteiger partial charge is 0.125 e. The predicted molar refractivity (Wildman–Crippen MR) is 95.7 cm³/mol. The molecular weight excluding hydrogens is 317 g/mol. The van der Waals surface area contributed by atoms with Gasteiger partial charge in [-0.15, -0.1) is 0 Å². The molecule has 1 heterocycles. The number of hydrogen-bond donors (Lipinski definition) is 1. The molecule has 1 aliphatic rings. The number of hydrogen-bond acceptors (Lipinski definition) is 3. The van der Waals surface area contributed by atoms with Crippen molar-refractivity contribution in [1.82, 2.24) is 9.55 Å². The van der Waals surface area contributed by atoms with E-state index in [-0.39, 0.29) is 11.9 Å². The van der Waals surface area contributed by atoms with Crippen LogP contribution in [0.1, 0.15) is 30.3 Å². The van der Waals surface area contributed by atoms with Gasteiger partial charge >= 0.3 is 0 Å². The molecule has 1 fully saturated rings. The van der Waals surface area contributed by atoms with Gasteiger partial charge < -0.3 is 15.0 Å². The summed E-state index contributed by atoms with van der Waals surface area (Å²) in [5, 5.41) is 0. The van der Waals surface area contributed by atoms with E-state index in [1.54, 1.807) is 12.1 Å². The van der Waals surface area contributed by atoms with Crippen LogP contribution in [-0.4, -0.2) is 22.2 Å². The maximum absolute atomic E-state index is 13.7. The summed E-state index contributed by atoms with van der Waals surface area (Å²) in [6.07, 6.45) is 2.78. The van der Waals surface area contributed by atoms with Crippen LogP contribution in [0.3, 0.4) is 0 Å². The Labute approximate surface area is 146 Å². The Hall–Kier alpha value is -2.24. The highest BCUT2D eigenvalue weighted by atomic mass is 19.1. The Morgan fingerprint density at radius 2 is 1.96 bits per heavy atom. The second-order valence-corrected chi connectivity index (χ2v) is 6.61. The standard InChI is InChI=1S/C20H22FN3O/c21-15-6-7-18-19(10-15)24(20(23-18)8-9-22)16-11-17(12-16)25-13-14-4-2-1-3-5-14/h1-7,10,16-17H,8-9,11-13,22H2. The lowest BCUT2D eigenvalue weighted by atomic mass is 9.88. The lowest BCUT2D eigenvalue weighted by Gasteiger charge is -2.37. The highest BCUT2D eigenvalue weighted by molar-refractivity contribution is 5.76. The molecule has 4 rings (SSSR count). The van der Waals surface area contributed by atoms with Crippen LogP contribution in [0.4, 0.5) is 4.39 Å². The zero-order valence-electron chi connectivity index (χ0n) is 14.1. The Bertz CT molecular complexity index is 856. The van der Waals surface area contributed by atoms with Gasteiger partial charge in [0.25, 0.3) is 0 Å². The van der Waals surface area contributed by atoms with Gasteiger partial charge in [0, 0.05) is 12.5 Å². The number of benzene rings is 2. The molecule has 0 spiro atoms. The van der Waals surface area contributed by atoms with Crippen molar-refractivity contribution in [2.24, 2.45) is 5.73 Å². The number of ether oxygens (including phenoxy) is 1. The molecule has 25 heavy (non-hydrogen) atoms. The van der Waals surface area contributed by atoms with Gasteiger partial charge in [-0.2, -0.15) is 0 Å². The van der Waals surface area contributed by atoms with Crippen LogP contribution in [0.25, 0.3) is 11.0 Å². The van der Waals surface area contributed by atoms with E-state index < -0.39 is 0 Å². The third kappa shape index (κ3) is 3.30. The van der Waals surface area contributed by atoms with Crippen molar-refractivity contribution < 1.29 is 9.13 Å². The number of halogens is 1. The van der Waals surface area contributed by atoms with Gasteiger partial charge in [-0.3, -0.25) is 0 Å². The Kier molecular flexibility index (Phi) is 4.51. The van der Waals surface area contributed by atoms with Gasteiger partial charge in [-0.1, -0.05) is 30.3 Å². The summed E-state index contributed by atoms with van der Waals surface area (Å²) in [5.41, 5.74) is 8.60. The summed E-state index contributed by atoms with van der Waals surface area (Å²) in [6.45, 7) is 1.17. The average Bonchev–Trinajstić information content (AvgIpc) is 2.92. The van der Waals surface area contributed by atoms with Crippen molar-refractivity contribution in [3.05, 3.63) is 65.7 Å². The van der Waals surface area contributed by atoms with E-state index in [0.29, 0.717) is 25.6 Å². The van der Waals surface area contributed by atoms with Crippen LogP contribution in [-0.2, 0) is 17.8 Å². The van der Waals surface area contributed by atoms with Gasteiger partial charge in [0.2, 0.25) is 0 Å². The van der Waals surface area contributed by atoms with Crippen molar-refractivity contribution in [3.8, 4) is 0 Å². The number of nitrogens with zero attached hydrogens (tertiary/aromatic N) is 2. The molecule has 4 nitrogen and oxygen atoms in total. The number of rotatable bonds is 6. The normalized spacial score (nSPS) is 19.9. The maximum Gasteiger partial charge on any atom is 0.125 e. The summed E-state index contributed by atoms with van der Waals surface area (Å²) in [4.78, 5) is 4.64. The summed E-state index contributed by atoms with van der Waals surface area (Å²) < 4.78 is 21.8. The molecule has 2 N–H and O–H groups in total. The molecule has 1 saturated carbocycles. The molecule has 0 unspecified atom stereocenters. The molecule has 0 amide bonds. The van der Waals surface area contributed by atoms with E-state index in [1.165, 1.54) is 11.6 Å². The van der Waals surface area contributed by atoms with Gasteiger partial charge in [0.1, 0.15) is 11.6 Å². The summed E-state index contributed by atoms with van der Waals surface area (Å²) >= 11 is 0. The minimum absolute atomic E-state index is 0.232. The van der Waals surface area contributed by atoms with Gasteiger partial charge in [-0.05, 0) is 43.1 Å². The Balaban J connectivity index is 1.47. The number of nitrogens with two attached hydrogens (primary N) is 1. The van der Waals surface area contributed by atoms with Crippen LogP contribution < -0.4 is 5.73 Å². The molecule has 130 valence electrons. The lowest BCUT2D eigenvalue weighted by molar-refractivity contribution is -0.0353. The molecule has 0 aliphatic heterocycles. The van der Waals surface area contributed by atoms with E-state index >= 15 is 0 Å². The topological polar surface area (TPSA) is 53.1 Å². The summed E-state index contributed by atoms with van der Waals surface area (Å²) in [5.74, 6) is 0.707. The van der Waals surface area contributed by atoms with Crippen molar-refractivity contribution in [2.75, 3.05) is 6.54 Å². The number of imidazole rings is 1. The molecule has 0 radical (unpaired) electrons.